The molecule has 2 aliphatic rings. The molecule has 1 aliphatic carbocycles. The minimum atomic E-state index is -0.480. The van der Waals surface area contributed by atoms with Crippen molar-refractivity contribution in [3.63, 3.8) is 0 Å². The third-order valence-electron chi connectivity index (χ3n) is 4.03. The van der Waals surface area contributed by atoms with E-state index in [1.54, 1.807) is 4.90 Å². The summed E-state index contributed by atoms with van der Waals surface area (Å²) in [6.45, 7) is 6.42. The van der Waals surface area contributed by atoms with Gasteiger partial charge in [0.2, 0.25) is 0 Å². The lowest BCUT2D eigenvalue weighted by Gasteiger charge is -2.36. The molecule has 4 heteroatoms. The maximum atomic E-state index is 12.5. The molecule has 0 aromatic heterocycles. The van der Waals surface area contributed by atoms with E-state index in [2.05, 4.69) is 0 Å². The van der Waals surface area contributed by atoms with Crippen LogP contribution in [0.25, 0.3) is 0 Å². The van der Waals surface area contributed by atoms with Gasteiger partial charge in [-0.1, -0.05) is 6.07 Å². The van der Waals surface area contributed by atoms with Crippen molar-refractivity contribution in [2.75, 3.05) is 17.2 Å². The predicted molar refractivity (Wildman–Crippen MR) is 79.8 cm³/mol. The maximum absolute atomic E-state index is 12.5. The lowest BCUT2D eigenvalue weighted by atomic mass is 9.90. The number of nitrogens with zero attached hydrogens (tertiary/aromatic N) is 1. The number of nitrogen functional groups attached to an aromatic ring is 1. The average Bonchev–Trinajstić information content (AvgIpc) is 3.06. The van der Waals surface area contributed by atoms with Crippen molar-refractivity contribution >= 4 is 17.5 Å². The van der Waals surface area contributed by atoms with Crippen LogP contribution in [0.4, 0.5) is 16.2 Å². The summed E-state index contributed by atoms with van der Waals surface area (Å²) in [5, 5.41) is 0. The van der Waals surface area contributed by atoms with Crippen LogP contribution in [0.2, 0.25) is 0 Å². The molecule has 0 atom stereocenters. The molecule has 0 bridgehead atoms. The Kier molecular flexibility index (Phi) is 2.75. The Morgan fingerprint density at radius 1 is 1.35 bits per heavy atom. The molecule has 0 unspecified atom stereocenters. The van der Waals surface area contributed by atoms with Crippen LogP contribution >= 0.6 is 0 Å². The standard InChI is InChI=1S/C16H22N2O2/c1-15(2,3)20-14(19)18-10-16(6-7-16)9-11-4-5-12(17)8-13(11)18/h4-5,8H,6-7,9-10,17H2,1-3H3. The Hall–Kier alpha value is -1.71. The van der Waals surface area contributed by atoms with Crippen LogP contribution in [-0.4, -0.2) is 18.2 Å². The normalized spacial score (nSPS) is 19.6. The lowest BCUT2D eigenvalue weighted by Crippen LogP contribution is -2.43. The molecular formula is C16H22N2O2. The summed E-state index contributed by atoms with van der Waals surface area (Å²) in [6.07, 6.45) is 3.16. The zero-order chi connectivity index (χ0) is 14.5. The number of carbonyl (C=O) groups is 1. The van der Waals surface area contributed by atoms with E-state index in [9.17, 15) is 4.79 Å². The highest BCUT2D eigenvalue weighted by atomic mass is 16.6. The summed E-state index contributed by atoms with van der Waals surface area (Å²) < 4.78 is 5.54. The summed E-state index contributed by atoms with van der Waals surface area (Å²) >= 11 is 0. The molecular weight excluding hydrogens is 252 g/mol. The minimum Gasteiger partial charge on any atom is -0.443 e. The van der Waals surface area contributed by atoms with E-state index in [1.807, 2.05) is 39.0 Å². The Labute approximate surface area is 119 Å². The van der Waals surface area contributed by atoms with Gasteiger partial charge in [0.15, 0.2) is 0 Å². The maximum Gasteiger partial charge on any atom is 0.414 e. The monoisotopic (exact) mass is 274 g/mol. The number of hydrogen-bond acceptors (Lipinski definition) is 3. The van der Waals surface area contributed by atoms with Crippen LogP contribution in [0, 0.1) is 5.41 Å². The molecule has 4 nitrogen and oxygen atoms in total. The van der Waals surface area contributed by atoms with Gasteiger partial charge >= 0.3 is 6.09 Å². The van der Waals surface area contributed by atoms with Gasteiger partial charge in [-0.05, 0) is 63.1 Å². The fourth-order valence-electron chi connectivity index (χ4n) is 2.85. The molecule has 108 valence electrons. The van der Waals surface area contributed by atoms with Crippen molar-refractivity contribution in [1.82, 2.24) is 0 Å². The highest BCUT2D eigenvalue weighted by Gasteiger charge is 2.49. The fraction of sp³-hybridized carbons (Fsp3) is 0.562. The van der Waals surface area contributed by atoms with E-state index in [-0.39, 0.29) is 11.5 Å². The number of nitrogens with two attached hydrogens (primary N) is 1. The SMILES string of the molecule is CC(C)(C)OC(=O)N1CC2(CC2)Cc2ccc(N)cc21. The molecule has 0 radical (unpaired) electrons. The smallest absolute Gasteiger partial charge is 0.414 e. The average molecular weight is 274 g/mol. The van der Waals surface area contributed by atoms with Gasteiger partial charge in [0, 0.05) is 12.2 Å². The number of fused-ring (bicyclic) bond motifs is 1. The molecule has 20 heavy (non-hydrogen) atoms. The van der Waals surface area contributed by atoms with Crippen LogP contribution in [0.3, 0.4) is 0 Å². The first-order valence-corrected chi connectivity index (χ1v) is 7.17. The first kappa shape index (κ1) is 13.3. The van der Waals surface area contributed by atoms with Crippen LogP contribution in [-0.2, 0) is 11.2 Å². The second kappa shape index (κ2) is 4.14. The molecule has 1 amide bonds. The first-order chi connectivity index (χ1) is 9.28. The summed E-state index contributed by atoms with van der Waals surface area (Å²) in [7, 11) is 0. The number of carbonyl (C=O) groups excluding carboxylic acids is 1. The molecule has 0 saturated heterocycles. The van der Waals surface area contributed by atoms with Crippen molar-refractivity contribution in [3.05, 3.63) is 23.8 Å². The largest absolute Gasteiger partial charge is 0.443 e. The van der Waals surface area contributed by atoms with Crippen molar-refractivity contribution in [1.29, 1.82) is 0 Å². The van der Waals surface area contributed by atoms with Crippen molar-refractivity contribution in [2.24, 2.45) is 5.41 Å². The number of ether oxygens (including phenoxy) is 1. The number of benzene rings is 1. The van der Waals surface area contributed by atoms with Gasteiger partial charge in [-0.2, -0.15) is 0 Å². The van der Waals surface area contributed by atoms with E-state index >= 15 is 0 Å². The topological polar surface area (TPSA) is 55.6 Å². The molecule has 1 heterocycles. The number of hydrogen-bond donors (Lipinski definition) is 1. The minimum absolute atomic E-state index is 0.268. The summed E-state index contributed by atoms with van der Waals surface area (Å²) in [4.78, 5) is 14.2. The second-order valence-corrected chi connectivity index (χ2v) is 7.13. The van der Waals surface area contributed by atoms with Crippen molar-refractivity contribution < 1.29 is 9.53 Å². The summed E-state index contributed by atoms with van der Waals surface area (Å²) in [5.74, 6) is 0. The highest BCUT2D eigenvalue weighted by Crippen LogP contribution is 2.53. The van der Waals surface area contributed by atoms with E-state index in [0.717, 1.165) is 18.7 Å². The second-order valence-electron chi connectivity index (χ2n) is 7.13. The molecule has 1 aliphatic heterocycles. The van der Waals surface area contributed by atoms with E-state index in [0.29, 0.717) is 5.69 Å². The number of anilines is 2. The van der Waals surface area contributed by atoms with Gasteiger partial charge in [0.05, 0.1) is 5.69 Å². The molecule has 1 saturated carbocycles. The molecule has 1 fully saturated rings. The van der Waals surface area contributed by atoms with Crippen molar-refractivity contribution in [2.45, 2.75) is 45.6 Å². The molecule has 1 aromatic rings. The van der Waals surface area contributed by atoms with Crippen LogP contribution in [0.5, 0.6) is 0 Å². The zero-order valence-corrected chi connectivity index (χ0v) is 12.4. The lowest BCUT2D eigenvalue weighted by molar-refractivity contribution is 0.0569. The van der Waals surface area contributed by atoms with Gasteiger partial charge in [0.1, 0.15) is 5.60 Å². The van der Waals surface area contributed by atoms with Crippen LogP contribution < -0.4 is 10.6 Å². The molecule has 1 spiro atoms. The van der Waals surface area contributed by atoms with Crippen molar-refractivity contribution in [3.8, 4) is 0 Å². The van der Waals surface area contributed by atoms with E-state index < -0.39 is 5.60 Å². The van der Waals surface area contributed by atoms with Crippen LogP contribution in [0.1, 0.15) is 39.2 Å². The van der Waals surface area contributed by atoms with Gasteiger partial charge in [0.25, 0.3) is 0 Å². The first-order valence-electron chi connectivity index (χ1n) is 7.17. The van der Waals surface area contributed by atoms with Crippen LogP contribution in [0.15, 0.2) is 18.2 Å². The Bertz CT molecular complexity index is 556. The summed E-state index contributed by atoms with van der Waals surface area (Å²) in [6, 6.07) is 5.84. The van der Waals surface area contributed by atoms with E-state index in [4.69, 9.17) is 10.5 Å². The fourth-order valence-corrected chi connectivity index (χ4v) is 2.85. The molecule has 3 rings (SSSR count). The third-order valence-corrected chi connectivity index (χ3v) is 4.03. The number of rotatable bonds is 0. The van der Waals surface area contributed by atoms with Gasteiger partial charge in [-0.3, -0.25) is 4.90 Å². The van der Waals surface area contributed by atoms with E-state index in [1.165, 1.54) is 18.4 Å². The quantitative estimate of drug-likeness (QED) is 0.738. The highest BCUT2D eigenvalue weighted by molar-refractivity contribution is 5.90. The third kappa shape index (κ3) is 2.47. The Morgan fingerprint density at radius 2 is 2.05 bits per heavy atom. The zero-order valence-electron chi connectivity index (χ0n) is 12.4. The molecule has 2 N–H and O–H groups in total. The van der Waals surface area contributed by atoms with Gasteiger partial charge in [-0.25, -0.2) is 4.79 Å². The number of amides is 1. The predicted octanol–water partition coefficient (Wildman–Crippen LogP) is 3.35. The Morgan fingerprint density at radius 3 is 2.65 bits per heavy atom. The summed E-state index contributed by atoms with van der Waals surface area (Å²) in [5.41, 5.74) is 8.47. The van der Waals surface area contributed by atoms with Gasteiger partial charge < -0.3 is 10.5 Å². The van der Waals surface area contributed by atoms with Gasteiger partial charge in [-0.15, -0.1) is 0 Å². The Balaban J connectivity index is 1.94. The molecule has 1 aromatic carbocycles.